The molecule has 0 saturated carbocycles. The maximum atomic E-state index is 11.0. The average molecular weight is 405 g/mol. The van der Waals surface area contributed by atoms with Gasteiger partial charge in [0.25, 0.3) is 5.69 Å². The highest BCUT2D eigenvalue weighted by molar-refractivity contribution is 5.94. The summed E-state index contributed by atoms with van der Waals surface area (Å²) in [6.45, 7) is 2.24. The van der Waals surface area contributed by atoms with Crippen LogP contribution < -0.4 is 4.90 Å². The van der Waals surface area contributed by atoms with E-state index < -0.39 is 4.92 Å². The number of aromatic nitrogens is 4. The highest BCUT2D eigenvalue weighted by atomic mass is 16.6. The van der Waals surface area contributed by atoms with E-state index in [1.807, 2.05) is 6.07 Å². The van der Waals surface area contributed by atoms with Crippen molar-refractivity contribution in [3.8, 4) is 11.5 Å². The minimum atomic E-state index is -0.413. The van der Waals surface area contributed by atoms with Crippen molar-refractivity contribution in [2.24, 2.45) is 0 Å². The summed E-state index contributed by atoms with van der Waals surface area (Å²) in [6.07, 6.45) is 2.31. The molecule has 0 aliphatic carbocycles. The van der Waals surface area contributed by atoms with Crippen LogP contribution >= 0.6 is 0 Å². The monoisotopic (exact) mass is 405 g/mol. The summed E-state index contributed by atoms with van der Waals surface area (Å²) < 4.78 is 0. The van der Waals surface area contributed by atoms with Crippen LogP contribution in [-0.2, 0) is 0 Å². The fourth-order valence-corrected chi connectivity index (χ4v) is 4.22. The van der Waals surface area contributed by atoms with Crippen LogP contribution in [0, 0.1) is 10.1 Å². The Hall–Kier alpha value is -3.46. The SMILES string of the molecule is CN1CCC(N(C)c2ccc3nc(-c4n[nH]c5cc([N+](=O)[O-])ccc45)[nH]c3c2)CC1. The number of nitrogens with one attached hydrogen (secondary N) is 2. The second kappa shape index (κ2) is 7.10. The molecule has 4 aromatic rings. The molecule has 0 radical (unpaired) electrons. The van der Waals surface area contributed by atoms with Gasteiger partial charge < -0.3 is 14.8 Å². The van der Waals surface area contributed by atoms with Crippen molar-refractivity contribution in [3.63, 3.8) is 0 Å². The average Bonchev–Trinajstić information content (AvgIpc) is 3.36. The normalized spacial score (nSPS) is 15.8. The van der Waals surface area contributed by atoms with E-state index in [9.17, 15) is 10.1 Å². The van der Waals surface area contributed by atoms with E-state index in [0.29, 0.717) is 23.1 Å². The summed E-state index contributed by atoms with van der Waals surface area (Å²) in [5, 5.41) is 19.0. The Kier molecular flexibility index (Phi) is 4.39. The number of aromatic amines is 2. The van der Waals surface area contributed by atoms with Gasteiger partial charge in [-0.2, -0.15) is 5.10 Å². The lowest BCUT2D eigenvalue weighted by Gasteiger charge is -2.36. The highest BCUT2D eigenvalue weighted by Crippen LogP contribution is 2.30. The van der Waals surface area contributed by atoms with Crippen molar-refractivity contribution in [2.75, 3.05) is 32.1 Å². The minimum Gasteiger partial charge on any atom is -0.371 e. The van der Waals surface area contributed by atoms with E-state index in [2.05, 4.69) is 56.2 Å². The largest absolute Gasteiger partial charge is 0.371 e. The number of nitro groups is 1. The van der Waals surface area contributed by atoms with Crippen molar-refractivity contribution in [1.82, 2.24) is 25.1 Å². The van der Waals surface area contributed by atoms with Crippen LogP contribution in [0.1, 0.15) is 12.8 Å². The zero-order chi connectivity index (χ0) is 20.8. The summed E-state index contributed by atoms with van der Waals surface area (Å²) in [6, 6.07) is 11.5. The predicted octanol–water partition coefficient (Wildman–Crippen LogP) is 3.54. The maximum absolute atomic E-state index is 11.0. The zero-order valence-corrected chi connectivity index (χ0v) is 16.9. The third kappa shape index (κ3) is 3.17. The molecule has 2 N–H and O–H groups in total. The van der Waals surface area contributed by atoms with Gasteiger partial charge in [0.1, 0.15) is 5.69 Å². The Labute approximate surface area is 172 Å². The fraction of sp³-hybridized carbons (Fsp3) is 0.333. The van der Waals surface area contributed by atoms with Crippen LogP contribution in [-0.4, -0.2) is 63.2 Å². The number of hydrogen-bond donors (Lipinski definition) is 2. The maximum Gasteiger partial charge on any atom is 0.271 e. The van der Waals surface area contributed by atoms with Gasteiger partial charge in [-0.15, -0.1) is 0 Å². The third-order valence-electron chi connectivity index (χ3n) is 6.09. The number of nitro benzene ring substituents is 1. The number of H-pyrrole nitrogens is 2. The number of fused-ring (bicyclic) bond motifs is 2. The first-order chi connectivity index (χ1) is 14.5. The van der Waals surface area contributed by atoms with Crippen molar-refractivity contribution in [2.45, 2.75) is 18.9 Å². The van der Waals surface area contributed by atoms with Gasteiger partial charge in [0.2, 0.25) is 0 Å². The molecule has 154 valence electrons. The quantitative estimate of drug-likeness (QED) is 0.397. The molecule has 1 fully saturated rings. The molecule has 0 atom stereocenters. The van der Waals surface area contributed by atoms with E-state index in [1.165, 1.54) is 12.1 Å². The van der Waals surface area contributed by atoms with Gasteiger partial charge in [-0.1, -0.05) is 0 Å². The molecule has 1 aliphatic heterocycles. The molecule has 3 heterocycles. The molecule has 2 aromatic heterocycles. The zero-order valence-electron chi connectivity index (χ0n) is 16.9. The number of rotatable bonds is 4. The molecule has 0 unspecified atom stereocenters. The Morgan fingerprint density at radius 3 is 2.73 bits per heavy atom. The van der Waals surface area contributed by atoms with E-state index in [0.717, 1.165) is 48.0 Å². The summed E-state index contributed by atoms with van der Waals surface area (Å²) in [7, 11) is 4.33. The van der Waals surface area contributed by atoms with Gasteiger partial charge in [-0.25, -0.2) is 4.98 Å². The predicted molar refractivity (Wildman–Crippen MR) is 117 cm³/mol. The summed E-state index contributed by atoms with van der Waals surface area (Å²) in [5.74, 6) is 0.643. The van der Waals surface area contributed by atoms with Gasteiger partial charge in [0.05, 0.1) is 21.5 Å². The Morgan fingerprint density at radius 2 is 1.97 bits per heavy atom. The molecule has 0 amide bonds. The second-order valence-electron chi connectivity index (χ2n) is 7.99. The van der Waals surface area contributed by atoms with Crippen molar-refractivity contribution in [1.29, 1.82) is 0 Å². The summed E-state index contributed by atoms with van der Waals surface area (Å²) in [4.78, 5) is 23.4. The molecule has 1 saturated heterocycles. The van der Waals surface area contributed by atoms with Crippen LogP contribution in [0.5, 0.6) is 0 Å². The van der Waals surface area contributed by atoms with E-state index in [4.69, 9.17) is 0 Å². The van der Waals surface area contributed by atoms with Gasteiger partial charge in [0.15, 0.2) is 5.82 Å². The van der Waals surface area contributed by atoms with Crippen molar-refractivity contribution < 1.29 is 4.92 Å². The van der Waals surface area contributed by atoms with Crippen LogP contribution in [0.3, 0.4) is 0 Å². The minimum absolute atomic E-state index is 0.0314. The first-order valence-corrected chi connectivity index (χ1v) is 10.0. The molecule has 9 nitrogen and oxygen atoms in total. The molecule has 0 bridgehead atoms. The number of likely N-dealkylation sites (tertiary alicyclic amines) is 1. The van der Waals surface area contributed by atoms with Gasteiger partial charge >= 0.3 is 0 Å². The number of anilines is 1. The summed E-state index contributed by atoms with van der Waals surface area (Å²) in [5.41, 5.74) is 4.27. The molecular weight excluding hydrogens is 382 g/mol. The van der Waals surface area contributed by atoms with Crippen LogP contribution in [0.15, 0.2) is 36.4 Å². The second-order valence-corrected chi connectivity index (χ2v) is 7.99. The van der Waals surface area contributed by atoms with Crippen LogP contribution in [0.2, 0.25) is 0 Å². The first kappa shape index (κ1) is 18.6. The number of hydrogen-bond acceptors (Lipinski definition) is 6. The fourth-order valence-electron chi connectivity index (χ4n) is 4.22. The smallest absolute Gasteiger partial charge is 0.271 e. The number of nitrogens with zero attached hydrogens (tertiary/aromatic N) is 5. The molecule has 30 heavy (non-hydrogen) atoms. The van der Waals surface area contributed by atoms with Crippen LogP contribution in [0.25, 0.3) is 33.5 Å². The van der Waals surface area contributed by atoms with Crippen LogP contribution in [0.4, 0.5) is 11.4 Å². The Bertz CT molecular complexity index is 1240. The van der Waals surface area contributed by atoms with Crippen molar-refractivity contribution in [3.05, 3.63) is 46.5 Å². The van der Waals surface area contributed by atoms with E-state index in [1.54, 1.807) is 6.07 Å². The molecule has 9 heteroatoms. The Balaban J connectivity index is 1.47. The number of piperidine rings is 1. The molecular formula is C21H23N7O2. The van der Waals surface area contributed by atoms with Crippen molar-refractivity contribution >= 4 is 33.3 Å². The van der Waals surface area contributed by atoms with Gasteiger partial charge in [-0.05, 0) is 57.2 Å². The lowest BCUT2D eigenvalue weighted by Crippen LogP contribution is -2.41. The Morgan fingerprint density at radius 1 is 1.17 bits per heavy atom. The molecule has 2 aromatic carbocycles. The molecule has 1 aliphatic rings. The summed E-state index contributed by atoms with van der Waals surface area (Å²) >= 11 is 0. The van der Waals surface area contributed by atoms with Gasteiger partial charge in [-0.3, -0.25) is 15.2 Å². The van der Waals surface area contributed by atoms with Gasteiger partial charge in [0, 0.05) is 36.3 Å². The highest BCUT2D eigenvalue weighted by Gasteiger charge is 2.21. The first-order valence-electron chi connectivity index (χ1n) is 10.0. The molecule has 5 rings (SSSR count). The lowest BCUT2D eigenvalue weighted by molar-refractivity contribution is -0.384. The number of benzene rings is 2. The standard InChI is InChI=1S/C21H23N7O2/c1-26-9-7-13(8-10-26)27(2)14-4-6-17-19(11-14)23-21(22-17)20-16-5-3-15(28(29)30)12-18(16)24-25-20/h3-6,11-13H,7-10H2,1-2H3,(H,22,23)(H,24,25). The van der Waals surface area contributed by atoms with E-state index >= 15 is 0 Å². The molecule has 0 spiro atoms. The lowest BCUT2D eigenvalue weighted by atomic mass is 10.0. The number of imidazole rings is 1. The van der Waals surface area contributed by atoms with E-state index in [-0.39, 0.29) is 5.69 Å². The number of non-ortho nitro benzene ring substituents is 1. The third-order valence-corrected chi connectivity index (χ3v) is 6.09. The topological polar surface area (TPSA) is 107 Å².